The zero-order valence-corrected chi connectivity index (χ0v) is 18.7. The molecular weight excluding hydrogens is 453 g/mol. The fourth-order valence-corrected chi connectivity index (χ4v) is 2.64. The molecule has 27 heavy (non-hydrogen) atoms. The summed E-state index contributed by atoms with van der Waals surface area (Å²) in [6.45, 7) is 5.39. The molecule has 0 atom stereocenters. The van der Waals surface area contributed by atoms with Gasteiger partial charge in [-0.15, -0.1) is 24.0 Å². The maximum Gasteiger partial charge on any atom is 0.193 e. The average Bonchev–Trinajstić information content (AvgIpc) is 2.66. The third-order valence-corrected chi connectivity index (χ3v) is 4.07. The molecule has 0 aliphatic heterocycles. The van der Waals surface area contributed by atoms with Gasteiger partial charge in [-0.25, -0.2) is 0 Å². The van der Waals surface area contributed by atoms with Crippen molar-refractivity contribution in [2.45, 2.75) is 33.1 Å². The van der Waals surface area contributed by atoms with E-state index in [1.54, 1.807) is 7.11 Å². The molecule has 0 aliphatic rings. The van der Waals surface area contributed by atoms with Crippen molar-refractivity contribution in [3.8, 4) is 11.5 Å². The Bertz CT molecular complexity index is 718. The smallest absolute Gasteiger partial charge is 0.193 e. The van der Waals surface area contributed by atoms with Crippen LogP contribution in [-0.4, -0.2) is 26.2 Å². The minimum Gasteiger partial charge on any atom is -0.493 e. The van der Waals surface area contributed by atoms with Crippen LogP contribution in [0.3, 0.4) is 0 Å². The van der Waals surface area contributed by atoms with E-state index in [-0.39, 0.29) is 24.0 Å². The summed E-state index contributed by atoms with van der Waals surface area (Å²) in [7, 11) is 1.65. The Kier molecular flexibility index (Phi) is 10.6. The molecule has 0 saturated carbocycles. The lowest BCUT2D eigenvalue weighted by Gasteiger charge is -2.11. The van der Waals surface area contributed by atoms with Gasteiger partial charge >= 0.3 is 0 Å². The predicted octanol–water partition coefficient (Wildman–Crippen LogP) is 4.63. The minimum absolute atomic E-state index is 0. The van der Waals surface area contributed by atoms with Gasteiger partial charge in [0, 0.05) is 12.2 Å². The normalized spacial score (nSPS) is 10.9. The second-order valence-corrected chi connectivity index (χ2v) is 5.96. The summed E-state index contributed by atoms with van der Waals surface area (Å²) in [5, 5.41) is 3.12. The first-order valence-electron chi connectivity index (χ1n) is 9.11. The van der Waals surface area contributed by atoms with E-state index in [1.807, 2.05) is 31.2 Å². The SMILES string of the molecule is CCOc1cc(CCCN=C(N)Nc2ccc(CC)cc2)ccc1OC.I. The number of hydrogen-bond donors (Lipinski definition) is 2. The number of nitrogens with zero attached hydrogens (tertiary/aromatic N) is 1. The summed E-state index contributed by atoms with van der Waals surface area (Å²) in [4.78, 5) is 4.40. The van der Waals surface area contributed by atoms with Crippen molar-refractivity contribution in [2.24, 2.45) is 10.7 Å². The van der Waals surface area contributed by atoms with E-state index < -0.39 is 0 Å². The largest absolute Gasteiger partial charge is 0.493 e. The molecule has 5 nitrogen and oxygen atoms in total. The van der Waals surface area contributed by atoms with Crippen LogP contribution in [0.2, 0.25) is 0 Å². The van der Waals surface area contributed by atoms with E-state index in [9.17, 15) is 0 Å². The molecule has 0 spiro atoms. The van der Waals surface area contributed by atoms with E-state index in [2.05, 4.69) is 35.4 Å². The van der Waals surface area contributed by atoms with E-state index in [4.69, 9.17) is 15.2 Å². The highest BCUT2D eigenvalue weighted by molar-refractivity contribution is 14.0. The van der Waals surface area contributed by atoms with Crippen LogP contribution in [0.1, 0.15) is 31.4 Å². The topological polar surface area (TPSA) is 68.9 Å². The molecule has 2 aromatic rings. The number of aryl methyl sites for hydroxylation is 2. The standard InChI is InChI=1S/C21H29N3O2.HI/c1-4-16-8-11-18(12-9-16)24-21(22)23-14-6-7-17-10-13-19(25-3)20(15-17)26-5-2;/h8-13,15H,4-7,14H2,1-3H3,(H3,22,23,24);1H. The molecule has 2 rings (SSSR count). The number of guanidine groups is 1. The first-order valence-corrected chi connectivity index (χ1v) is 9.11. The molecule has 0 heterocycles. The monoisotopic (exact) mass is 483 g/mol. The van der Waals surface area contributed by atoms with Crippen molar-refractivity contribution < 1.29 is 9.47 Å². The second-order valence-electron chi connectivity index (χ2n) is 5.96. The van der Waals surface area contributed by atoms with Crippen molar-refractivity contribution in [3.63, 3.8) is 0 Å². The van der Waals surface area contributed by atoms with Crippen LogP contribution in [0.5, 0.6) is 11.5 Å². The molecule has 0 fully saturated rings. The van der Waals surface area contributed by atoms with Gasteiger partial charge in [-0.3, -0.25) is 4.99 Å². The third kappa shape index (κ3) is 7.66. The van der Waals surface area contributed by atoms with Crippen molar-refractivity contribution in [1.29, 1.82) is 0 Å². The van der Waals surface area contributed by atoms with E-state index in [0.29, 0.717) is 19.1 Å². The number of rotatable bonds is 9. The molecular formula is C21H30IN3O2. The zero-order valence-electron chi connectivity index (χ0n) is 16.3. The Balaban J connectivity index is 0.00000364. The molecule has 0 amide bonds. The zero-order chi connectivity index (χ0) is 18.8. The molecule has 0 aromatic heterocycles. The number of aliphatic imine (C=N–C) groups is 1. The number of hydrogen-bond acceptors (Lipinski definition) is 3. The van der Waals surface area contributed by atoms with Gasteiger partial charge in [-0.2, -0.15) is 0 Å². The molecule has 0 radical (unpaired) electrons. The number of nitrogens with two attached hydrogens (primary N) is 1. The molecule has 148 valence electrons. The van der Waals surface area contributed by atoms with E-state index in [0.717, 1.165) is 36.4 Å². The molecule has 0 bridgehead atoms. The van der Waals surface area contributed by atoms with E-state index in [1.165, 1.54) is 11.1 Å². The van der Waals surface area contributed by atoms with Gasteiger partial charge < -0.3 is 20.5 Å². The maximum atomic E-state index is 5.96. The van der Waals surface area contributed by atoms with Crippen LogP contribution in [0.15, 0.2) is 47.5 Å². The lowest BCUT2D eigenvalue weighted by atomic mass is 10.1. The lowest BCUT2D eigenvalue weighted by Crippen LogP contribution is -2.22. The Hall–Kier alpha value is -1.96. The average molecular weight is 483 g/mol. The van der Waals surface area contributed by atoms with Crippen LogP contribution >= 0.6 is 24.0 Å². The number of methoxy groups -OCH3 is 1. The van der Waals surface area contributed by atoms with Gasteiger partial charge in [0.25, 0.3) is 0 Å². The molecule has 3 N–H and O–H groups in total. The fraction of sp³-hybridized carbons (Fsp3) is 0.381. The van der Waals surface area contributed by atoms with Crippen LogP contribution in [0, 0.1) is 0 Å². The van der Waals surface area contributed by atoms with Crippen molar-refractivity contribution >= 4 is 35.6 Å². The minimum atomic E-state index is 0. The maximum absolute atomic E-state index is 5.96. The molecule has 0 saturated heterocycles. The Morgan fingerprint density at radius 2 is 1.74 bits per heavy atom. The highest BCUT2D eigenvalue weighted by Gasteiger charge is 2.05. The Morgan fingerprint density at radius 3 is 2.37 bits per heavy atom. The summed E-state index contributed by atoms with van der Waals surface area (Å²) < 4.78 is 10.9. The molecule has 6 heteroatoms. The lowest BCUT2D eigenvalue weighted by molar-refractivity contribution is 0.310. The van der Waals surface area contributed by atoms with Gasteiger partial charge in [0.05, 0.1) is 13.7 Å². The fourth-order valence-electron chi connectivity index (χ4n) is 2.64. The highest BCUT2D eigenvalue weighted by Crippen LogP contribution is 2.28. The van der Waals surface area contributed by atoms with E-state index >= 15 is 0 Å². The Labute approximate surface area is 179 Å². The number of nitrogens with one attached hydrogen (secondary N) is 1. The first kappa shape index (κ1) is 23.1. The van der Waals surface area contributed by atoms with Crippen LogP contribution in [0.25, 0.3) is 0 Å². The van der Waals surface area contributed by atoms with Crippen molar-refractivity contribution in [1.82, 2.24) is 0 Å². The molecule has 2 aromatic carbocycles. The number of ether oxygens (including phenoxy) is 2. The quantitative estimate of drug-likeness (QED) is 0.236. The first-order chi connectivity index (χ1) is 12.7. The number of anilines is 1. The highest BCUT2D eigenvalue weighted by atomic mass is 127. The molecule has 0 unspecified atom stereocenters. The van der Waals surface area contributed by atoms with Crippen LogP contribution in [-0.2, 0) is 12.8 Å². The number of benzene rings is 2. The number of halogens is 1. The summed E-state index contributed by atoms with van der Waals surface area (Å²) in [6, 6.07) is 14.3. The van der Waals surface area contributed by atoms with Gasteiger partial charge in [0.1, 0.15) is 0 Å². The molecule has 0 aliphatic carbocycles. The third-order valence-electron chi connectivity index (χ3n) is 4.07. The van der Waals surface area contributed by atoms with Crippen LogP contribution in [0.4, 0.5) is 5.69 Å². The second kappa shape index (κ2) is 12.4. The summed E-state index contributed by atoms with van der Waals surface area (Å²) in [5.74, 6) is 1.99. The van der Waals surface area contributed by atoms with Gasteiger partial charge in [-0.1, -0.05) is 25.1 Å². The van der Waals surface area contributed by atoms with Crippen molar-refractivity contribution in [2.75, 3.05) is 25.6 Å². The predicted molar refractivity (Wildman–Crippen MR) is 124 cm³/mol. The van der Waals surface area contributed by atoms with Crippen molar-refractivity contribution in [3.05, 3.63) is 53.6 Å². The van der Waals surface area contributed by atoms with Crippen LogP contribution < -0.4 is 20.5 Å². The summed E-state index contributed by atoms with van der Waals surface area (Å²) in [5.41, 5.74) is 9.42. The summed E-state index contributed by atoms with van der Waals surface area (Å²) >= 11 is 0. The van der Waals surface area contributed by atoms with Gasteiger partial charge in [-0.05, 0) is 61.6 Å². The Morgan fingerprint density at radius 1 is 1.04 bits per heavy atom. The van der Waals surface area contributed by atoms with Gasteiger partial charge in [0.2, 0.25) is 0 Å². The van der Waals surface area contributed by atoms with Gasteiger partial charge in [0.15, 0.2) is 17.5 Å². The summed E-state index contributed by atoms with van der Waals surface area (Å²) in [6.07, 6.45) is 2.85.